The van der Waals surface area contributed by atoms with Crippen LogP contribution in [0.5, 0.6) is 0 Å². The summed E-state index contributed by atoms with van der Waals surface area (Å²) in [4.78, 5) is 17.6. The molecule has 1 aromatic heterocycles. The Morgan fingerprint density at radius 2 is 1.80 bits per heavy atom. The number of anilines is 1. The molecule has 0 bridgehead atoms. The monoisotopic (exact) mass is 420 g/mol. The van der Waals surface area contributed by atoms with Gasteiger partial charge >= 0.3 is 6.18 Å². The van der Waals surface area contributed by atoms with Crippen molar-refractivity contribution < 1.29 is 22.9 Å². The molecule has 7 heteroatoms. The van der Waals surface area contributed by atoms with Crippen LogP contribution in [0.1, 0.15) is 50.3 Å². The second kappa shape index (κ2) is 9.49. The summed E-state index contributed by atoms with van der Waals surface area (Å²) in [6.07, 6.45) is -1.15. The highest BCUT2D eigenvalue weighted by Gasteiger charge is 2.34. The number of H-pyrrole nitrogens is 1. The normalized spacial score (nSPS) is 16.5. The molecule has 1 aliphatic heterocycles. The molecule has 2 N–H and O–H groups in total. The Balaban J connectivity index is 1.58. The molecule has 1 atom stereocenters. The molecule has 0 radical (unpaired) electrons. The van der Waals surface area contributed by atoms with Gasteiger partial charge in [0.25, 0.3) is 5.82 Å². The number of carbonyl (C=O) groups excluding carboxylic acids is 1. The van der Waals surface area contributed by atoms with E-state index < -0.39 is 11.7 Å². The quantitative estimate of drug-likeness (QED) is 0.740. The van der Waals surface area contributed by atoms with Crippen molar-refractivity contribution in [1.29, 1.82) is 0 Å². The average Bonchev–Trinajstić information content (AvgIpc) is 2.73. The smallest absolute Gasteiger partial charge is 0.349 e. The summed E-state index contributed by atoms with van der Waals surface area (Å²) in [6, 6.07) is 12.5. The van der Waals surface area contributed by atoms with E-state index in [4.69, 9.17) is 0 Å². The van der Waals surface area contributed by atoms with E-state index in [1.54, 1.807) is 0 Å². The van der Waals surface area contributed by atoms with Gasteiger partial charge in [-0.3, -0.25) is 9.69 Å². The van der Waals surface area contributed by atoms with E-state index in [-0.39, 0.29) is 17.9 Å². The van der Waals surface area contributed by atoms with Crippen LogP contribution in [0, 0.1) is 11.8 Å². The Hall–Kier alpha value is -2.57. The molecule has 2 aromatic rings. The molecule has 0 saturated carbocycles. The van der Waals surface area contributed by atoms with Gasteiger partial charge in [-0.05, 0) is 36.8 Å². The number of hydrogen-bond acceptors (Lipinski definition) is 2. The Morgan fingerprint density at radius 3 is 2.33 bits per heavy atom. The Kier molecular flexibility index (Phi) is 7.00. The molecule has 1 saturated heterocycles. The molecule has 3 rings (SSSR count). The van der Waals surface area contributed by atoms with E-state index in [9.17, 15) is 18.0 Å². The number of rotatable bonds is 6. The Morgan fingerprint density at radius 1 is 1.13 bits per heavy atom. The molecule has 1 aromatic carbocycles. The van der Waals surface area contributed by atoms with E-state index in [2.05, 4.69) is 24.1 Å². The number of benzene rings is 1. The van der Waals surface area contributed by atoms with Crippen molar-refractivity contribution in [3.8, 4) is 0 Å². The fraction of sp³-hybridized carbons (Fsp3) is 0.478. The zero-order chi connectivity index (χ0) is 21.7. The number of aromatic amines is 1. The number of amides is 1. The van der Waals surface area contributed by atoms with Gasteiger partial charge in [-0.1, -0.05) is 44.2 Å². The van der Waals surface area contributed by atoms with Gasteiger partial charge in [-0.25, -0.2) is 4.98 Å². The second-order valence-electron chi connectivity index (χ2n) is 8.32. The van der Waals surface area contributed by atoms with Gasteiger partial charge in [0.05, 0.1) is 24.7 Å². The molecule has 30 heavy (non-hydrogen) atoms. The summed E-state index contributed by atoms with van der Waals surface area (Å²) in [7, 11) is 0. The average molecular weight is 420 g/mol. The van der Waals surface area contributed by atoms with Crippen LogP contribution in [-0.4, -0.2) is 19.0 Å². The third-order valence-electron chi connectivity index (χ3n) is 5.56. The first kappa shape index (κ1) is 22.1. The molecule has 1 amide bonds. The van der Waals surface area contributed by atoms with Crippen molar-refractivity contribution in [2.24, 2.45) is 11.8 Å². The first-order valence-corrected chi connectivity index (χ1v) is 10.4. The van der Waals surface area contributed by atoms with Gasteiger partial charge in [0.1, 0.15) is 6.20 Å². The van der Waals surface area contributed by atoms with Gasteiger partial charge < -0.3 is 5.32 Å². The highest BCUT2D eigenvalue weighted by Crippen LogP contribution is 2.29. The molecule has 1 aliphatic rings. The zero-order valence-electron chi connectivity index (χ0n) is 17.4. The van der Waals surface area contributed by atoms with Crippen LogP contribution in [0.4, 0.5) is 19.0 Å². The summed E-state index contributed by atoms with van der Waals surface area (Å²) in [5, 5.41) is 3.22. The summed E-state index contributed by atoms with van der Waals surface area (Å²) in [5.41, 5.74) is 0.411. The summed E-state index contributed by atoms with van der Waals surface area (Å²) in [6.45, 7) is 5.53. The van der Waals surface area contributed by atoms with E-state index in [0.717, 1.165) is 24.2 Å². The van der Waals surface area contributed by atoms with Crippen LogP contribution in [0.15, 0.2) is 48.7 Å². The lowest BCUT2D eigenvalue weighted by Gasteiger charge is -2.29. The van der Waals surface area contributed by atoms with Crippen LogP contribution in [0.3, 0.4) is 0 Å². The SMILES string of the molecule is CC(C)C[C@H](NC(=O)C1CCN(c2ccc(C(F)(F)F)c[nH+]2)CC1)c1ccccc1. The standard InChI is InChI=1S/C23H28F3N3O/c1-16(2)14-20(17-6-4-3-5-7-17)28-22(30)18-10-12-29(13-11-18)21-9-8-19(15-27-21)23(24,25)26/h3-9,15-16,18,20H,10-14H2,1-2H3,(H,28,30)/p+1/t20-/m0/s1. The van der Waals surface area contributed by atoms with Gasteiger partial charge in [0.15, 0.2) is 0 Å². The molecular formula is C23H29F3N3O+. The number of piperidine rings is 1. The minimum Gasteiger partial charge on any atom is -0.349 e. The number of nitrogens with zero attached hydrogens (tertiary/aromatic N) is 1. The van der Waals surface area contributed by atoms with Gasteiger partial charge in [-0.2, -0.15) is 13.2 Å². The van der Waals surface area contributed by atoms with E-state index in [1.807, 2.05) is 35.2 Å². The number of carbonyl (C=O) groups is 1. The minimum absolute atomic E-state index is 0.0139. The minimum atomic E-state index is -4.36. The maximum Gasteiger partial charge on any atom is 0.419 e. The number of halogens is 3. The molecule has 1 fully saturated rings. The molecule has 0 aliphatic carbocycles. The van der Waals surface area contributed by atoms with E-state index in [1.165, 1.54) is 6.07 Å². The molecule has 162 valence electrons. The lowest BCUT2D eigenvalue weighted by Crippen LogP contribution is -2.43. The fourth-order valence-electron chi connectivity index (χ4n) is 3.90. The predicted molar refractivity (Wildman–Crippen MR) is 110 cm³/mol. The number of hydrogen-bond donors (Lipinski definition) is 1. The van der Waals surface area contributed by atoms with Crippen molar-refractivity contribution >= 4 is 11.7 Å². The lowest BCUT2D eigenvalue weighted by molar-refractivity contribution is -0.367. The van der Waals surface area contributed by atoms with Gasteiger partial charge in [0.2, 0.25) is 5.91 Å². The van der Waals surface area contributed by atoms with Crippen molar-refractivity contribution in [2.45, 2.75) is 45.3 Å². The molecule has 2 heterocycles. The maximum atomic E-state index is 12.9. The number of pyridine rings is 1. The molecule has 4 nitrogen and oxygen atoms in total. The third kappa shape index (κ3) is 5.74. The highest BCUT2D eigenvalue weighted by atomic mass is 19.4. The summed E-state index contributed by atoms with van der Waals surface area (Å²) in [5.74, 6) is 1.06. The predicted octanol–water partition coefficient (Wildman–Crippen LogP) is 4.64. The lowest BCUT2D eigenvalue weighted by atomic mass is 9.93. The topological polar surface area (TPSA) is 46.5 Å². The molecular weight excluding hydrogens is 391 g/mol. The number of nitrogens with one attached hydrogen (secondary N) is 2. The maximum absolute atomic E-state index is 12.9. The third-order valence-corrected chi connectivity index (χ3v) is 5.56. The highest BCUT2D eigenvalue weighted by molar-refractivity contribution is 5.79. The van der Waals surface area contributed by atoms with Crippen LogP contribution >= 0.6 is 0 Å². The zero-order valence-corrected chi connectivity index (χ0v) is 17.4. The summed E-state index contributed by atoms with van der Waals surface area (Å²) >= 11 is 0. The number of alkyl halides is 3. The second-order valence-corrected chi connectivity index (χ2v) is 8.32. The van der Waals surface area contributed by atoms with Crippen LogP contribution in [0.25, 0.3) is 0 Å². The van der Waals surface area contributed by atoms with Crippen molar-refractivity contribution in [1.82, 2.24) is 5.32 Å². The Labute approximate surface area is 175 Å². The van der Waals surface area contributed by atoms with Crippen LogP contribution in [0.2, 0.25) is 0 Å². The Bertz CT molecular complexity index is 814. The van der Waals surface area contributed by atoms with Crippen LogP contribution < -0.4 is 15.2 Å². The first-order valence-electron chi connectivity index (χ1n) is 10.4. The number of aromatic nitrogens is 1. The first-order chi connectivity index (χ1) is 14.2. The summed E-state index contributed by atoms with van der Waals surface area (Å²) < 4.78 is 38.2. The molecule has 0 unspecified atom stereocenters. The van der Waals surface area contributed by atoms with Crippen molar-refractivity contribution in [3.05, 3.63) is 59.8 Å². The van der Waals surface area contributed by atoms with Gasteiger partial charge in [-0.15, -0.1) is 0 Å². The van der Waals surface area contributed by atoms with Crippen molar-refractivity contribution in [2.75, 3.05) is 18.0 Å². The fourth-order valence-corrected chi connectivity index (χ4v) is 3.90. The van der Waals surface area contributed by atoms with Crippen molar-refractivity contribution in [3.63, 3.8) is 0 Å². The van der Waals surface area contributed by atoms with E-state index >= 15 is 0 Å². The van der Waals surface area contributed by atoms with Crippen LogP contribution in [-0.2, 0) is 11.0 Å². The van der Waals surface area contributed by atoms with Gasteiger partial charge in [0, 0.05) is 12.0 Å². The molecule has 0 spiro atoms. The largest absolute Gasteiger partial charge is 0.419 e. The van der Waals surface area contributed by atoms with E-state index in [0.29, 0.717) is 37.7 Å².